The summed E-state index contributed by atoms with van der Waals surface area (Å²) in [5, 5.41) is 1.09. The normalized spacial score (nSPS) is 11.5. The van der Waals surface area contributed by atoms with Gasteiger partial charge in [-0.2, -0.15) is 0 Å². The summed E-state index contributed by atoms with van der Waals surface area (Å²) in [5.74, 6) is -0.403. The molecule has 0 bridgehead atoms. The SMILES string of the molecule is Cc1sc(N)c(C(=O)OC(C)(C)C)c1-c1cccc(Cl)c1. The average molecular weight is 324 g/mol. The van der Waals surface area contributed by atoms with Crippen LogP contribution in [0.15, 0.2) is 24.3 Å². The maximum Gasteiger partial charge on any atom is 0.342 e. The zero-order valence-corrected chi connectivity index (χ0v) is 14.1. The molecule has 5 heteroatoms. The van der Waals surface area contributed by atoms with Crippen molar-refractivity contribution in [2.24, 2.45) is 0 Å². The van der Waals surface area contributed by atoms with Gasteiger partial charge < -0.3 is 10.5 Å². The van der Waals surface area contributed by atoms with Crippen LogP contribution in [0, 0.1) is 6.92 Å². The van der Waals surface area contributed by atoms with E-state index in [0.717, 1.165) is 16.0 Å². The molecule has 0 atom stereocenters. The van der Waals surface area contributed by atoms with E-state index in [2.05, 4.69) is 0 Å². The third kappa shape index (κ3) is 3.57. The van der Waals surface area contributed by atoms with Gasteiger partial charge in [-0.3, -0.25) is 0 Å². The van der Waals surface area contributed by atoms with Crippen molar-refractivity contribution in [1.82, 2.24) is 0 Å². The summed E-state index contributed by atoms with van der Waals surface area (Å²) >= 11 is 7.43. The van der Waals surface area contributed by atoms with Crippen LogP contribution < -0.4 is 5.73 Å². The van der Waals surface area contributed by atoms with Crippen LogP contribution in [-0.2, 0) is 4.74 Å². The number of aryl methyl sites for hydroxylation is 1. The number of halogens is 1. The number of carbonyl (C=O) groups is 1. The van der Waals surface area contributed by atoms with E-state index in [4.69, 9.17) is 22.1 Å². The minimum absolute atomic E-state index is 0.403. The van der Waals surface area contributed by atoms with E-state index >= 15 is 0 Å². The maximum absolute atomic E-state index is 12.4. The Hall–Kier alpha value is -1.52. The lowest BCUT2D eigenvalue weighted by atomic mass is 10.0. The number of carbonyl (C=O) groups excluding carboxylic acids is 1. The average Bonchev–Trinajstić information content (AvgIpc) is 2.62. The Balaban J connectivity index is 2.55. The van der Waals surface area contributed by atoms with Crippen molar-refractivity contribution in [2.75, 3.05) is 5.73 Å². The third-order valence-electron chi connectivity index (χ3n) is 2.83. The molecule has 0 saturated heterocycles. The molecule has 0 spiro atoms. The first-order valence-electron chi connectivity index (χ1n) is 6.57. The minimum Gasteiger partial charge on any atom is -0.456 e. The molecule has 0 aliphatic rings. The van der Waals surface area contributed by atoms with Gasteiger partial charge in [0.1, 0.15) is 16.2 Å². The first kappa shape index (κ1) is 15.9. The van der Waals surface area contributed by atoms with E-state index in [1.54, 1.807) is 6.07 Å². The van der Waals surface area contributed by atoms with E-state index < -0.39 is 11.6 Å². The number of hydrogen-bond donors (Lipinski definition) is 1. The molecule has 0 saturated carbocycles. The largest absolute Gasteiger partial charge is 0.456 e. The van der Waals surface area contributed by atoms with Crippen LogP contribution in [0.5, 0.6) is 0 Å². The van der Waals surface area contributed by atoms with Gasteiger partial charge in [0, 0.05) is 15.5 Å². The summed E-state index contributed by atoms with van der Waals surface area (Å²) in [5.41, 5.74) is 7.55. The van der Waals surface area contributed by atoms with Crippen molar-refractivity contribution in [1.29, 1.82) is 0 Å². The van der Waals surface area contributed by atoms with Crippen molar-refractivity contribution < 1.29 is 9.53 Å². The molecule has 112 valence electrons. The number of rotatable bonds is 2. The molecule has 1 aromatic carbocycles. The Kier molecular flexibility index (Phi) is 4.30. The molecule has 2 rings (SSSR count). The second-order valence-corrected chi connectivity index (χ2v) is 7.48. The van der Waals surface area contributed by atoms with Crippen LogP contribution in [-0.4, -0.2) is 11.6 Å². The quantitative estimate of drug-likeness (QED) is 0.798. The van der Waals surface area contributed by atoms with Crippen LogP contribution in [0.2, 0.25) is 5.02 Å². The summed E-state index contributed by atoms with van der Waals surface area (Å²) < 4.78 is 5.47. The topological polar surface area (TPSA) is 52.3 Å². The lowest BCUT2D eigenvalue weighted by Crippen LogP contribution is -2.24. The summed E-state index contributed by atoms with van der Waals surface area (Å²) in [7, 11) is 0. The highest BCUT2D eigenvalue weighted by molar-refractivity contribution is 7.16. The molecule has 2 aromatic rings. The van der Waals surface area contributed by atoms with Crippen LogP contribution in [0.1, 0.15) is 36.0 Å². The number of hydrogen-bond acceptors (Lipinski definition) is 4. The molecule has 2 N–H and O–H groups in total. The van der Waals surface area contributed by atoms with E-state index in [0.29, 0.717) is 15.6 Å². The maximum atomic E-state index is 12.4. The zero-order valence-electron chi connectivity index (χ0n) is 12.5. The smallest absolute Gasteiger partial charge is 0.342 e. The highest BCUT2D eigenvalue weighted by atomic mass is 35.5. The van der Waals surface area contributed by atoms with Crippen molar-refractivity contribution in [3.8, 4) is 11.1 Å². The van der Waals surface area contributed by atoms with E-state index in [1.807, 2.05) is 45.9 Å². The molecule has 21 heavy (non-hydrogen) atoms. The number of esters is 1. The number of ether oxygens (including phenoxy) is 1. The molecule has 3 nitrogen and oxygen atoms in total. The van der Waals surface area contributed by atoms with Gasteiger partial charge in [0.2, 0.25) is 0 Å². The van der Waals surface area contributed by atoms with Gasteiger partial charge in [0.25, 0.3) is 0 Å². The predicted octanol–water partition coefficient (Wildman–Crippen LogP) is 4.91. The van der Waals surface area contributed by atoms with Crippen molar-refractivity contribution in [3.05, 3.63) is 39.7 Å². The number of anilines is 1. The fourth-order valence-electron chi connectivity index (χ4n) is 2.09. The fraction of sp³-hybridized carbons (Fsp3) is 0.312. The molecule has 0 unspecified atom stereocenters. The lowest BCUT2D eigenvalue weighted by molar-refractivity contribution is 0.00721. The van der Waals surface area contributed by atoms with Crippen molar-refractivity contribution >= 4 is 33.9 Å². The van der Waals surface area contributed by atoms with Gasteiger partial charge in [-0.25, -0.2) is 4.79 Å². The zero-order chi connectivity index (χ0) is 15.8. The Labute approximate surface area is 133 Å². The van der Waals surface area contributed by atoms with E-state index in [-0.39, 0.29) is 0 Å². The first-order chi connectivity index (χ1) is 9.69. The first-order valence-corrected chi connectivity index (χ1v) is 7.76. The van der Waals surface area contributed by atoms with Gasteiger partial charge in [0.05, 0.1) is 0 Å². The van der Waals surface area contributed by atoms with Crippen LogP contribution in [0.3, 0.4) is 0 Å². The van der Waals surface area contributed by atoms with Crippen LogP contribution in [0.25, 0.3) is 11.1 Å². The molecular formula is C16H18ClNO2S. The lowest BCUT2D eigenvalue weighted by Gasteiger charge is -2.20. The monoisotopic (exact) mass is 323 g/mol. The van der Waals surface area contributed by atoms with E-state index in [1.165, 1.54) is 11.3 Å². The van der Waals surface area contributed by atoms with Crippen LogP contribution in [0.4, 0.5) is 5.00 Å². The predicted molar refractivity (Wildman–Crippen MR) is 89.1 cm³/mol. The summed E-state index contributed by atoms with van der Waals surface area (Å²) in [6, 6.07) is 7.38. The summed E-state index contributed by atoms with van der Waals surface area (Å²) in [6.45, 7) is 7.43. The van der Waals surface area contributed by atoms with Gasteiger partial charge in [0.15, 0.2) is 0 Å². The Morgan fingerprint density at radius 2 is 2.00 bits per heavy atom. The second-order valence-electron chi connectivity index (χ2n) is 5.78. The van der Waals surface area contributed by atoms with Gasteiger partial charge in [-0.15, -0.1) is 11.3 Å². The number of nitrogen functional groups attached to an aromatic ring is 1. The molecule has 0 radical (unpaired) electrons. The standard InChI is InChI=1S/C16H18ClNO2S/c1-9-12(10-6-5-7-11(17)8-10)13(14(18)21-9)15(19)20-16(2,3)4/h5-8H,18H2,1-4H3. The van der Waals surface area contributed by atoms with E-state index in [9.17, 15) is 4.79 Å². The van der Waals surface area contributed by atoms with Crippen LogP contribution >= 0.6 is 22.9 Å². The Morgan fingerprint density at radius 1 is 1.33 bits per heavy atom. The van der Waals surface area contributed by atoms with Crippen molar-refractivity contribution in [3.63, 3.8) is 0 Å². The fourth-order valence-corrected chi connectivity index (χ4v) is 3.22. The molecule has 0 aliphatic heterocycles. The minimum atomic E-state index is -0.565. The number of benzene rings is 1. The van der Waals surface area contributed by atoms with Gasteiger partial charge >= 0.3 is 5.97 Å². The third-order valence-corrected chi connectivity index (χ3v) is 4.00. The second kappa shape index (κ2) is 5.70. The molecule has 0 amide bonds. The number of thiophene rings is 1. The summed E-state index contributed by atoms with van der Waals surface area (Å²) in [6.07, 6.45) is 0. The van der Waals surface area contributed by atoms with Crippen molar-refractivity contribution in [2.45, 2.75) is 33.3 Å². The Bertz CT molecular complexity index is 686. The number of nitrogens with two attached hydrogens (primary N) is 1. The highest BCUT2D eigenvalue weighted by Crippen LogP contribution is 2.39. The summed E-state index contributed by atoms with van der Waals surface area (Å²) in [4.78, 5) is 13.4. The molecule has 1 aromatic heterocycles. The highest BCUT2D eigenvalue weighted by Gasteiger charge is 2.26. The molecular weight excluding hydrogens is 306 g/mol. The molecule has 1 heterocycles. The molecule has 0 aliphatic carbocycles. The van der Waals surface area contributed by atoms with Gasteiger partial charge in [-0.05, 0) is 45.4 Å². The molecule has 0 fully saturated rings. The van der Waals surface area contributed by atoms with Gasteiger partial charge in [-0.1, -0.05) is 23.7 Å². The Morgan fingerprint density at radius 3 is 2.57 bits per heavy atom.